The third kappa shape index (κ3) is 4.80. The van der Waals surface area contributed by atoms with Crippen LogP contribution in [0, 0.1) is 0 Å². The van der Waals surface area contributed by atoms with Gasteiger partial charge in [0.2, 0.25) is 5.91 Å². The third-order valence-corrected chi connectivity index (χ3v) is 4.14. The molecule has 1 amide bonds. The monoisotopic (exact) mass is 400 g/mol. The summed E-state index contributed by atoms with van der Waals surface area (Å²) in [6.45, 7) is 1.14. The van der Waals surface area contributed by atoms with E-state index in [2.05, 4.69) is 4.98 Å². The summed E-state index contributed by atoms with van der Waals surface area (Å²) in [6.07, 6.45) is -2.72. The third-order valence-electron chi connectivity index (χ3n) is 4.14. The summed E-state index contributed by atoms with van der Waals surface area (Å²) in [6, 6.07) is 5.36. The van der Waals surface area contributed by atoms with Crippen LogP contribution in [0.2, 0.25) is 0 Å². The number of methoxy groups -OCH3 is 1. The molecule has 0 spiro atoms. The van der Waals surface area contributed by atoms with Crippen molar-refractivity contribution in [1.82, 2.24) is 9.88 Å². The molecule has 0 saturated carbocycles. The lowest BCUT2D eigenvalue weighted by atomic mass is 10.1. The summed E-state index contributed by atoms with van der Waals surface area (Å²) in [5.74, 6) is -1.56. The second-order valence-corrected chi connectivity index (χ2v) is 6.04. The number of carbonyl (C=O) groups excluding carboxylic acids is 1. The van der Waals surface area contributed by atoms with Gasteiger partial charge in [-0.05, 0) is 30.0 Å². The van der Waals surface area contributed by atoms with Gasteiger partial charge in [0.15, 0.2) is 0 Å². The molecule has 0 bridgehead atoms. The maximum Gasteiger partial charge on any atom is 0.490 e. The van der Waals surface area contributed by atoms with Crippen LogP contribution in [0.3, 0.4) is 0 Å². The van der Waals surface area contributed by atoms with Crippen LogP contribution in [0.1, 0.15) is 12.0 Å². The fourth-order valence-electron chi connectivity index (χ4n) is 2.71. The summed E-state index contributed by atoms with van der Waals surface area (Å²) in [4.78, 5) is 26.7. The first-order valence-corrected chi connectivity index (χ1v) is 8.10. The minimum Gasteiger partial charge on any atom is -0.496 e. The molecule has 0 radical (unpaired) electrons. The van der Waals surface area contributed by atoms with E-state index in [4.69, 9.17) is 26.1 Å². The van der Waals surface area contributed by atoms with Crippen LogP contribution in [-0.2, 0) is 16.1 Å². The van der Waals surface area contributed by atoms with Gasteiger partial charge >= 0.3 is 12.1 Å². The Hall–Kier alpha value is -3.08. The highest BCUT2D eigenvalue weighted by atomic mass is 19.4. The van der Waals surface area contributed by atoms with E-state index in [1.807, 2.05) is 18.2 Å². The van der Waals surface area contributed by atoms with Gasteiger partial charge in [-0.3, -0.25) is 4.79 Å². The summed E-state index contributed by atoms with van der Waals surface area (Å²) < 4.78 is 37.2. The van der Waals surface area contributed by atoms with Gasteiger partial charge in [0.05, 0.1) is 13.2 Å². The molecule has 28 heavy (non-hydrogen) atoms. The molecule has 1 saturated heterocycles. The first-order valence-electron chi connectivity index (χ1n) is 8.10. The molecular formula is C17H19F3N4O4. The fraction of sp³-hybridized carbons (Fsp3) is 0.353. The normalized spacial score (nSPS) is 16.7. The molecule has 0 aliphatic carbocycles. The molecule has 1 aromatic heterocycles. The van der Waals surface area contributed by atoms with E-state index in [0.29, 0.717) is 25.3 Å². The van der Waals surface area contributed by atoms with E-state index in [-0.39, 0.29) is 11.9 Å². The number of ether oxygens (including phenoxy) is 1. The average molecular weight is 400 g/mol. The van der Waals surface area contributed by atoms with Crippen LogP contribution in [0.25, 0.3) is 10.8 Å². The summed E-state index contributed by atoms with van der Waals surface area (Å²) in [5.41, 5.74) is 12.6. The number of carboxylic acids is 1. The van der Waals surface area contributed by atoms with Crippen molar-refractivity contribution < 1.29 is 32.6 Å². The molecule has 1 aliphatic heterocycles. The van der Waals surface area contributed by atoms with Crippen LogP contribution < -0.4 is 16.2 Å². The lowest BCUT2D eigenvalue weighted by molar-refractivity contribution is -0.192. The molecule has 0 unspecified atom stereocenters. The van der Waals surface area contributed by atoms with Gasteiger partial charge in [-0.15, -0.1) is 0 Å². The maximum absolute atomic E-state index is 12.0. The Balaban J connectivity index is 0.000000345. The van der Waals surface area contributed by atoms with Crippen molar-refractivity contribution in [3.8, 4) is 5.75 Å². The Morgan fingerprint density at radius 2 is 2.07 bits per heavy atom. The highest BCUT2D eigenvalue weighted by Gasteiger charge is 2.38. The van der Waals surface area contributed by atoms with Crippen LogP contribution in [0.15, 0.2) is 24.4 Å². The predicted molar refractivity (Wildman–Crippen MR) is 94.4 cm³/mol. The van der Waals surface area contributed by atoms with E-state index < -0.39 is 12.1 Å². The van der Waals surface area contributed by atoms with Gasteiger partial charge in [-0.2, -0.15) is 13.2 Å². The van der Waals surface area contributed by atoms with Crippen LogP contribution in [0.5, 0.6) is 5.75 Å². The fourth-order valence-corrected chi connectivity index (χ4v) is 2.71. The smallest absolute Gasteiger partial charge is 0.490 e. The zero-order valence-corrected chi connectivity index (χ0v) is 14.9. The topological polar surface area (TPSA) is 132 Å². The number of pyridine rings is 1. The van der Waals surface area contributed by atoms with Crippen molar-refractivity contribution >= 4 is 28.5 Å². The number of hydrogen-bond acceptors (Lipinski definition) is 6. The standard InChI is InChI=1S/C15H18N4O2.C2HF3O2/c1-21-13-7-9-2-4-18-14(17)11(9)6-10(13)8-19-5-3-12(16)15(19)20;3-2(4,5)1(6)7/h2,4,6-7,12H,3,5,8,16H2,1H3,(H2,17,18);(H,6,7)/t12-;/m0./s1. The molecule has 1 aliphatic rings. The number of aliphatic carboxylic acids is 1. The number of carbonyl (C=O) groups is 2. The largest absolute Gasteiger partial charge is 0.496 e. The maximum atomic E-state index is 12.0. The van der Waals surface area contributed by atoms with Crippen molar-refractivity contribution in [2.45, 2.75) is 25.2 Å². The van der Waals surface area contributed by atoms with E-state index in [1.54, 1.807) is 18.2 Å². The molecule has 1 aromatic carbocycles. The number of rotatable bonds is 3. The molecule has 1 atom stereocenters. The lowest BCUT2D eigenvalue weighted by Crippen LogP contribution is -2.33. The van der Waals surface area contributed by atoms with E-state index >= 15 is 0 Å². The van der Waals surface area contributed by atoms with Gasteiger partial charge in [-0.1, -0.05) is 0 Å². The van der Waals surface area contributed by atoms with Crippen molar-refractivity contribution in [2.75, 3.05) is 19.4 Å². The zero-order valence-electron chi connectivity index (χ0n) is 14.9. The number of carboxylic acid groups (broad SMARTS) is 1. The number of aromatic nitrogens is 1. The Labute approximate surface area is 157 Å². The van der Waals surface area contributed by atoms with Crippen LogP contribution >= 0.6 is 0 Å². The highest BCUT2D eigenvalue weighted by molar-refractivity contribution is 5.92. The number of amides is 1. The van der Waals surface area contributed by atoms with Gasteiger partial charge in [0.1, 0.15) is 11.6 Å². The molecular weight excluding hydrogens is 381 g/mol. The Bertz CT molecular complexity index is 889. The second-order valence-electron chi connectivity index (χ2n) is 6.04. The molecule has 8 nitrogen and oxygen atoms in total. The quantitative estimate of drug-likeness (QED) is 0.712. The minimum atomic E-state index is -5.08. The summed E-state index contributed by atoms with van der Waals surface area (Å²) >= 11 is 0. The number of hydrogen-bond donors (Lipinski definition) is 3. The molecule has 11 heteroatoms. The number of nitrogen functional groups attached to an aromatic ring is 1. The first-order chi connectivity index (χ1) is 13.0. The summed E-state index contributed by atoms with van der Waals surface area (Å²) in [7, 11) is 1.62. The van der Waals surface area contributed by atoms with Gasteiger partial charge in [0, 0.05) is 30.2 Å². The molecule has 2 heterocycles. The van der Waals surface area contributed by atoms with E-state index in [0.717, 1.165) is 22.1 Å². The number of anilines is 1. The number of fused-ring (bicyclic) bond motifs is 1. The van der Waals surface area contributed by atoms with Crippen LogP contribution in [-0.4, -0.2) is 52.7 Å². The number of nitrogens with two attached hydrogens (primary N) is 2. The molecule has 1 fully saturated rings. The van der Waals surface area contributed by atoms with E-state index in [9.17, 15) is 18.0 Å². The van der Waals surface area contributed by atoms with Gasteiger partial charge in [0.25, 0.3) is 0 Å². The first kappa shape index (κ1) is 21.2. The summed E-state index contributed by atoms with van der Waals surface area (Å²) in [5, 5.41) is 8.96. The number of benzene rings is 1. The van der Waals surface area contributed by atoms with Gasteiger partial charge < -0.3 is 26.2 Å². The van der Waals surface area contributed by atoms with E-state index in [1.165, 1.54) is 0 Å². The van der Waals surface area contributed by atoms with Crippen molar-refractivity contribution in [2.24, 2.45) is 5.73 Å². The lowest BCUT2D eigenvalue weighted by Gasteiger charge is -2.19. The highest BCUT2D eigenvalue weighted by Crippen LogP contribution is 2.30. The zero-order chi connectivity index (χ0) is 21.1. The Morgan fingerprint density at radius 1 is 1.43 bits per heavy atom. The average Bonchev–Trinajstić information content (AvgIpc) is 2.94. The number of alkyl halides is 3. The Morgan fingerprint density at radius 3 is 2.57 bits per heavy atom. The van der Waals surface area contributed by atoms with Crippen LogP contribution in [0.4, 0.5) is 19.0 Å². The van der Waals surface area contributed by atoms with Crippen molar-refractivity contribution in [1.29, 1.82) is 0 Å². The minimum absolute atomic E-state index is 0.0173. The molecule has 5 N–H and O–H groups in total. The predicted octanol–water partition coefficient (Wildman–Crippen LogP) is 1.52. The van der Waals surface area contributed by atoms with Gasteiger partial charge in [-0.25, -0.2) is 9.78 Å². The van der Waals surface area contributed by atoms with Crippen molar-refractivity contribution in [3.63, 3.8) is 0 Å². The number of nitrogens with zero attached hydrogens (tertiary/aromatic N) is 2. The Kier molecular flexibility index (Phi) is 6.29. The SMILES string of the molecule is COc1cc2ccnc(N)c2cc1CN1CC[C@H](N)C1=O.O=C(O)C(F)(F)F. The second kappa shape index (κ2) is 8.30. The molecule has 2 aromatic rings. The number of likely N-dealkylation sites (tertiary alicyclic amines) is 1. The molecule has 3 rings (SSSR count). The van der Waals surface area contributed by atoms with Crippen molar-refractivity contribution in [3.05, 3.63) is 30.0 Å². The number of halogens is 3. The molecule has 152 valence electrons.